The molecular formula is C10H18N4O3. The number of rotatable bonds is 5. The maximum absolute atomic E-state index is 12.0. The van der Waals surface area contributed by atoms with Gasteiger partial charge in [0.15, 0.2) is 0 Å². The highest BCUT2D eigenvalue weighted by molar-refractivity contribution is 5.98. The molecular weight excluding hydrogens is 224 g/mol. The summed E-state index contributed by atoms with van der Waals surface area (Å²) in [5.41, 5.74) is 6.03. The van der Waals surface area contributed by atoms with Crippen LogP contribution in [-0.4, -0.2) is 59.1 Å². The van der Waals surface area contributed by atoms with Crippen LogP contribution in [-0.2, 0) is 11.8 Å². The molecule has 0 radical (unpaired) electrons. The summed E-state index contributed by atoms with van der Waals surface area (Å²) in [6.07, 6.45) is 0.698. The highest BCUT2D eigenvalue weighted by Crippen LogP contribution is 2.11. The Bertz CT molecular complexity index is 391. The number of aliphatic hydroxyl groups excluding tert-OH is 1. The summed E-state index contributed by atoms with van der Waals surface area (Å²) >= 11 is 0. The first kappa shape index (κ1) is 13.5. The third-order valence-corrected chi connectivity index (χ3v) is 2.41. The minimum absolute atomic E-state index is 0.181. The first-order valence-electron chi connectivity index (χ1n) is 5.17. The van der Waals surface area contributed by atoms with Gasteiger partial charge in [-0.2, -0.15) is 5.10 Å². The highest BCUT2D eigenvalue weighted by atomic mass is 16.5. The molecule has 1 atom stereocenters. The van der Waals surface area contributed by atoms with Crippen LogP contribution in [0, 0.1) is 0 Å². The second-order valence-corrected chi connectivity index (χ2v) is 3.86. The van der Waals surface area contributed by atoms with Crippen LogP contribution in [0.5, 0.6) is 0 Å². The van der Waals surface area contributed by atoms with Crippen LogP contribution in [0.1, 0.15) is 10.4 Å². The summed E-state index contributed by atoms with van der Waals surface area (Å²) in [6, 6.07) is 0. The monoisotopic (exact) mass is 242 g/mol. The zero-order chi connectivity index (χ0) is 13.0. The number of amides is 1. The van der Waals surface area contributed by atoms with Crippen molar-refractivity contribution in [2.24, 2.45) is 7.05 Å². The van der Waals surface area contributed by atoms with E-state index in [1.165, 1.54) is 22.9 Å². The van der Waals surface area contributed by atoms with E-state index >= 15 is 0 Å². The summed E-state index contributed by atoms with van der Waals surface area (Å²) in [5.74, 6) is 0.0360. The number of aryl methyl sites for hydroxylation is 1. The van der Waals surface area contributed by atoms with Crippen LogP contribution in [0.25, 0.3) is 0 Å². The number of nitrogens with two attached hydrogens (primary N) is 1. The summed E-state index contributed by atoms with van der Waals surface area (Å²) in [5, 5.41) is 13.4. The quantitative estimate of drug-likeness (QED) is 0.696. The van der Waals surface area contributed by atoms with E-state index in [0.717, 1.165) is 0 Å². The molecule has 1 amide bonds. The van der Waals surface area contributed by atoms with Gasteiger partial charge >= 0.3 is 0 Å². The van der Waals surface area contributed by atoms with Crippen LogP contribution in [0.2, 0.25) is 0 Å². The first-order chi connectivity index (χ1) is 7.97. The van der Waals surface area contributed by atoms with Crippen LogP contribution in [0.4, 0.5) is 5.82 Å². The van der Waals surface area contributed by atoms with Crippen molar-refractivity contribution in [2.45, 2.75) is 6.10 Å². The molecule has 0 aliphatic carbocycles. The Morgan fingerprint density at radius 1 is 1.76 bits per heavy atom. The molecule has 7 nitrogen and oxygen atoms in total. The normalized spacial score (nSPS) is 12.5. The summed E-state index contributed by atoms with van der Waals surface area (Å²) in [4.78, 5) is 13.3. The molecule has 1 rings (SSSR count). The number of aliphatic hydroxyl groups is 1. The van der Waals surface area contributed by atoms with Crippen LogP contribution in [0.3, 0.4) is 0 Å². The Hall–Kier alpha value is -1.60. The van der Waals surface area contributed by atoms with E-state index in [9.17, 15) is 9.90 Å². The Labute approximate surface area is 99.8 Å². The number of nitrogen functional groups attached to an aromatic ring is 1. The summed E-state index contributed by atoms with van der Waals surface area (Å²) < 4.78 is 6.21. The van der Waals surface area contributed by atoms with Gasteiger partial charge in [-0.25, -0.2) is 0 Å². The highest BCUT2D eigenvalue weighted by Gasteiger charge is 2.19. The summed E-state index contributed by atoms with van der Waals surface area (Å²) in [7, 11) is 4.74. The van der Waals surface area contributed by atoms with Crippen molar-refractivity contribution in [3.8, 4) is 0 Å². The average molecular weight is 242 g/mol. The molecule has 1 aromatic rings. The van der Waals surface area contributed by atoms with Crippen molar-refractivity contribution in [1.29, 1.82) is 0 Å². The largest absolute Gasteiger partial charge is 0.389 e. The number of methoxy groups -OCH3 is 1. The third kappa shape index (κ3) is 3.18. The molecule has 0 saturated heterocycles. The van der Waals surface area contributed by atoms with Gasteiger partial charge in [0.25, 0.3) is 5.91 Å². The van der Waals surface area contributed by atoms with Crippen LogP contribution in [0.15, 0.2) is 6.20 Å². The number of anilines is 1. The number of carbonyl (C=O) groups excluding carboxylic acids is 1. The minimum Gasteiger partial charge on any atom is -0.389 e. The average Bonchev–Trinajstić information content (AvgIpc) is 2.59. The molecule has 0 bridgehead atoms. The lowest BCUT2D eigenvalue weighted by Gasteiger charge is -2.20. The number of hydrogen-bond acceptors (Lipinski definition) is 5. The van der Waals surface area contributed by atoms with Gasteiger partial charge < -0.3 is 20.5 Å². The van der Waals surface area contributed by atoms with E-state index in [0.29, 0.717) is 11.4 Å². The van der Waals surface area contributed by atoms with Gasteiger partial charge in [-0.1, -0.05) is 0 Å². The number of hydrogen-bond donors (Lipinski definition) is 2. The Kier molecular flexibility index (Phi) is 4.47. The molecule has 1 unspecified atom stereocenters. The third-order valence-electron chi connectivity index (χ3n) is 2.41. The van der Waals surface area contributed by atoms with Crippen LogP contribution < -0.4 is 5.73 Å². The van der Waals surface area contributed by atoms with Gasteiger partial charge in [0.1, 0.15) is 11.4 Å². The number of aromatic nitrogens is 2. The standard InChI is InChI=1S/C10H18N4O3/c1-13(5-7(15)6-17-3)10(16)8-4-12-14(2)9(8)11/h4,7,15H,5-6,11H2,1-3H3. The fourth-order valence-corrected chi connectivity index (χ4v) is 1.46. The molecule has 17 heavy (non-hydrogen) atoms. The summed E-state index contributed by atoms with van der Waals surface area (Å²) in [6.45, 7) is 0.362. The number of carbonyl (C=O) groups is 1. The Balaban J connectivity index is 2.67. The fraction of sp³-hybridized carbons (Fsp3) is 0.600. The van der Waals surface area contributed by atoms with E-state index < -0.39 is 6.10 Å². The maximum Gasteiger partial charge on any atom is 0.259 e. The van der Waals surface area contributed by atoms with Crippen molar-refractivity contribution in [2.75, 3.05) is 33.0 Å². The smallest absolute Gasteiger partial charge is 0.259 e. The van der Waals surface area contributed by atoms with Gasteiger partial charge in [-0.05, 0) is 0 Å². The Morgan fingerprint density at radius 3 is 2.88 bits per heavy atom. The Morgan fingerprint density at radius 2 is 2.41 bits per heavy atom. The van der Waals surface area contributed by atoms with Crippen molar-refractivity contribution < 1.29 is 14.6 Å². The molecule has 0 aromatic carbocycles. The lowest BCUT2D eigenvalue weighted by atomic mass is 10.2. The van der Waals surface area contributed by atoms with Gasteiger partial charge in [-0.15, -0.1) is 0 Å². The predicted octanol–water partition coefficient (Wildman–Crippen LogP) is -0.918. The number of ether oxygens (including phenoxy) is 1. The van der Waals surface area contributed by atoms with Crippen LogP contribution >= 0.6 is 0 Å². The number of nitrogens with zero attached hydrogens (tertiary/aromatic N) is 3. The molecule has 0 spiro atoms. The second kappa shape index (κ2) is 5.65. The van der Waals surface area contributed by atoms with E-state index in [1.54, 1.807) is 14.1 Å². The van der Waals surface area contributed by atoms with E-state index in [-0.39, 0.29) is 19.1 Å². The van der Waals surface area contributed by atoms with Crippen molar-refractivity contribution in [3.05, 3.63) is 11.8 Å². The maximum atomic E-state index is 12.0. The molecule has 7 heteroatoms. The predicted molar refractivity (Wildman–Crippen MR) is 62.5 cm³/mol. The van der Waals surface area contributed by atoms with Gasteiger partial charge in [0.2, 0.25) is 0 Å². The van der Waals surface area contributed by atoms with Crippen molar-refractivity contribution in [1.82, 2.24) is 14.7 Å². The molecule has 1 heterocycles. The molecule has 96 valence electrons. The molecule has 0 aliphatic rings. The lowest BCUT2D eigenvalue weighted by Crippen LogP contribution is -2.36. The van der Waals surface area contributed by atoms with Gasteiger partial charge in [0.05, 0.1) is 18.9 Å². The molecule has 0 fully saturated rings. The van der Waals surface area contributed by atoms with Gasteiger partial charge in [-0.3, -0.25) is 9.48 Å². The van der Waals surface area contributed by atoms with Crippen molar-refractivity contribution in [3.63, 3.8) is 0 Å². The minimum atomic E-state index is -0.716. The van der Waals surface area contributed by atoms with E-state index in [1.807, 2.05) is 0 Å². The van der Waals surface area contributed by atoms with Gasteiger partial charge in [0, 0.05) is 27.7 Å². The zero-order valence-corrected chi connectivity index (χ0v) is 10.3. The molecule has 3 N–H and O–H groups in total. The molecule has 1 aromatic heterocycles. The van der Waals surface area contributed by atoms with Crippen molar-refractivity contribution >= 4 is 11.7 Å². The SMILES string of the molecule is COCC(O)CN(C)C(=O)c1cnn(C)c1N. The zero-order valence-electron chi connectivity index (χ0n) is 10.3. The van der Waals surface area contributed by atoms with E-state index in [2.05, 4.69) is 5.10 Å². The topological polar surface area (TPSA) is 93.6 Å². The molecule has 0 aliphatic heterocycles. The number of likely N-dealkylation sites (N-methyl/N-ethyl adjacent to an activating group) is 1. The fourth-order valence-electron chi connectivity index (χ4n) is 1.46. The van der Waals surface area contributed by atoms with E-state index in [4.69, 9.17) is 10.5 Å². The lowest BCUT2D eigenvalue weighted by molar-refractivity contribution is 0.0380. The first-order valence-corrected chi connectivity index (χ1v) is 5.17. The second-order valence-electron chi connectivity index (χ2n) is 3.86. The molecule has 0 saturated carbocycles.